The lowest BCUT2D eigenvalue weighted by Crippen LogP contribution is -2.64. The number of hydrogen-bond acceptors (Lipinski definition) is 6. The van der Waals surface area contributed by atoms with Gasteiger partial charge >= 0.3 is 0 Å². The van der Waals surface area contributed by atoms with Gasteiger partial charge in [-0.2, -0.15) is 0 Å². The average molecular weight is 390 g/mol. The first-order chi connectivity index (χ1) is 13.0. The second kappa shape index (κ2) is 5.97. The Morgan fingerprint density at radius 3 is 2.63 bits per heavy atom. The van der Waals surface area contributed by atoms with Gasteiger partial charge in [0, 0.05) is 11.1 Å². The Labute approximate surface area is 157 Å². The Morgan fingerprint density at radius 2 is 1.89 bits per heavy atom. The molecular formula is C18H14ClF2N5O. The second-order valence-corrected chi connectivity index (χ2v) is 7.07. The lowest BCUT2D eigenvalue weighted by atomic mass is 9.91. The zero-order valence-electron chi connectivity index (χ0n) is 14.0. The first kappa shape index (κ1) is 16.6. The van der Waals surface area contributed by atoms with Gasteiger partial charge in [0.05, 0.1) is 25.3 Å². The monoisotopic (exact) mass is 389 g/mol. The Bertz CT molecular complexity index is 1070. The number of pyridine rings is 1. The van der Waals surface area contributed by atoms with Crippen LogP contribution in [0.1, 0.15) is 6.42 Å². The first-order valence-corrected chi connectivity index (χ1v) is 8.83. The van der Waals surface area contributed by atoms with Crippen LogP contribution in [0.5, 0.6) is 0 Å². The van der Waals surface area contributed by atoms with Gasteiger partial charge < -0.3 is 15.4 Å². The zero-order valence-corrected chi connectivity index (χ0v) is 14.7. The molecule has 2 aromatic heterocycles. The molecule has 6 nitrogen and oxygen atoms in total. The summed E-state index contributed by atoms with van der Waals surface area (Å²) in [6, 6.07) is 4.64. The smallest absolute Gasteiger partial charge is 0.153 e. The number of ether oxygens (including phenoxy) is 1. The predicted octanol–water partition coefficient (Wildman–Crippen LogP) is 3.18. The number of fused-ring (bicyclic) bond motifs is 3. The number of nitrogens with two attached hydrogens (primary N) is 1. The van der Waals surface area contributed by atoms with Crippen molar-refractivity contribution in [1.29, 1.82) is 0 Å². The molecule has 2 saturated heterocycles. The summed E-state index contributed by atoms with van der Waals surface area (Å²) < 4.78 is 33.9. The summed E-state index contributed by atoms with van der Waals surface area (Å²) >= 11 is 5.78. The molecule has 0 aliphatic carbocycles. The van der Waals surface area contributed by atoms with Crippen molar-refractivity contribution in [3.05, 3.63) is 41.2 Å². The van der Waals surface area contributed by atoms with Gasteiger partial charge in [-0.05, 0) is 24.6 Å². The van der Waals surface area contributed by atoms with Crippen LogP contribution in [-0.4, -0.2) is 40.2 Å². The molecule has 0 amide bonds. The van der Waals surface area contributed by atoms with Gasteiger partial charge in [-0.25, -0.2) is 23.7 Å². The number of morpholine rings is 1. The van der Waals surface area contributed by atoms with Gasteiger partial charge in [-0.1, -0.05) is 11.6 Å². The Morgan fingerprint density at radius 1 is 1.11 bits per heavy atom. The standard InChI is InChI=1S/C18H14ClF2N5O/c19-14-12(20)2-1-10(15(14)21)11-4-13(26-8-3-9(26)6-27-5-8)25-17-16(11)23-7-24-18(17)22/h1-2,4,7-9H,3,5-6H2,(H2,22,23,24)/t8-,9+. The van der Waals surface area contributed by atoms with Crippen molar-refractivity contribution in [2.24, 2.45) is 0 Å². The molecule has 2 fully saturated rings. The van der Waals surface area contributed by atoms with E-state index in [1.807, 2.05) is 0 Å². The summed E-state index contributed by atoms with van der Waals surface area (Å²) in [5, 5.41) is -0.560. The first-order valence-electron chi connectivity index (χ1n) is 8.45. The minimum atomic E-state index is -0.848. The molecule has 2 bridgehead atoms. The molecule has 138 valence electrons. The third kappa shape index (κ3) is 2.44. The molecule has 0 saturated carbocycles. The molecule has 1 aromatic carbocycles. The Balaban J connectivity index is 1.76. The molecule has 2 atom stereocenters. The van der Waals surface area contributed by atoms with Crippen molar-refractivity contribution < 1.29 is 13.5 Å². The van der Waals surface area contributed by atoms with E-state index in [1.165, 1.54) is 12.4 Å². The van der Waals surface area contributed by atoms with Crippen molar-refractivity contribution in [3.8, 4) is 11.1 Å². The maximum atomic E-state index is 14.7. The molecule has 0 unspecified atom stereocenters. The van der Waals surface area contributed by atoms with E-state index in [9.17, 15) is 8.78 Å². The van der Waals surface area contributed by atoms with Crippen LogP contribution in [0, 0.1) is 11.6 Å². The third-order valence-electron chi connectivity index (χ3n) is 5.15. The number of benzene rings is 1. The fraction of sp³-hybridized carbons (Fsp3) is 0.278. The maximum absolute atomic E-state index is 14.7. The molecular weight excluding hydrogens is 376 g/mol. The van der Waals surface area contributed by atoms with E-state index < -0.39 is 16.7 Å². The highest BCUT2D eigenvalue weighted by molar-refractivity contribution is 6.31. The Hall–Kier alpha value is -2.58. The zero-order chi connectivity index (χ0) is 18.7. The predicted molar refractivity (Wildman–Crippen MR) is 97.6 cm³/mol. The SMILES string of the molecule is Nc1ncnc2c(-c3ccc(F)c(Cl)c3F)cc(N3[C@@H]4COC[C@H]3C4)nc12. The van der Waals surface area contributed by atoms with Crippen molar-refractivity contribution in [2.75, 3.05) is 23.8 Å². The number of nitrogen functional groups attached to an aromatic ring is 1. The van der Waals surface area contributed by atoms with E-state index in [0.29, 0.717) is 35.6 Å². The Kier molecular flexibility index (Phi) is 3.66. The third-order valence-corrected chi connectivity index (χ3v) is 5.49. The van der Waals surface area contributed by atoms with E-state index in [-0.39, 0.29) is 23.5 Å². The molecule has 27 heavy (non-hydrogen) atoms. The van der Waals surface area contributed by atoms with E-state index >= 15 is 0 Å². The van der Waals surface area contributed by atoms with Crippen LogP contribution < -0.4 is 10.6 Å². The summed E-state index contributed by atoms with van der Waals surface area (Å²) in [7, 11) is 0. The minimum absolute atomic E-state index is 0.134. The highest BCUT2D eigenvalue weighted by Crippen LogP contribution is 2.40. The lowest BCUT2D eigenvalue weighted by molar-refractivity contribution is 0.00975. The summed E-state index contributed by atoms with van der Waals surface area (Å²) in [5.74, 6) is -0.832. The highest BCUT2D eigenvalue weighted by atomic mass is 35.5. The van der Waals surface area contributed by atoms with Crippen molar-refractivity contribution in [2.45, 2.75) is 18.5 Å². The van der Waals surface area contributed by atoms with Crippen molar-refractivity contribution >= 4 is 34.3 Å². The molecule has 2 aliphatic rings. The largest absolute Gasteiger partial charge is 0.382 e. The highest BCUT2D eigenvalue weighted by Gasteiger charge is 2.43. The molecule has 2 N–H and O–H groups in total. The normalized spacial score (nSPS) is 21.4. The van der Waals surface area contributed by atoms with Gasteiger partial charge in [-0.15, -0.1) is 0 Å². The van der Waals surface area contributed by atoms with Crippen LogP contribution in [0.3, 0.4) is 0 Å². The number of anilines is 2. The quantitative estimate of drug-likeness (QED) is 0.678. The average Bonchev–Trinajstić information content (AvgIpc) is 2.67. The number of aromatic nitrogens is 3. The van der Waals surface area contributed by atoms with Crippen LogP contribution in [0.25, 0.3) is 22.2 Å². The van der Waals surface area contributed by atoms with Crippen LogP contribution in [0.15, 0.2) is 24.5 Å². The van der Waals surface area contributed by atoms with Crippen LogP contribution in [0.4, 0.5) is 20.4 Å². The summed E-state index contributed by atoms with van der Waals surface area (Å²) in [6.07, 6.45) is 2.31. The fourth-order valence-corrected chi connectivity index (χ4v) is 3.99. The second-order valence-electron chi connectivity index (χ2n) is 6.70. The molecule has 5 rings (SSSR count). The van der Waals surface area contributed by atoms with Crippen molar-refractivity contribution in [1.82, 2.24) is 15.0 Å². The van der Waals surface area contributed by atoms with Gasteiger partial charge in [0.25, 0.3) is 0 Å². The number of nitrogens with zero attached hydrogens (tertiary/aromatic N) is 4. The van der Waals surface area contributed by atoms with E-state index in [1.54, 1.807) is 6.07 Å². The molecule has 0 radical (unpaired) electrons. The maximum Gasteiger partial charge on any atom is 0.153 e. The summed E-state index contributed by atoms with van der Waals surface area (Å²) in [6.45, 7) is 1.23. The fourth-order valence-electron chi connectivity index (χ4n) is 3.83. The lowest BCUT2D eigenvalue weighted by Gasteiger charge is -2.53. The summed E-state index contributed by atoms with van der Waals surface area (Å²) in [5.41, 5.74) is 7.33. The molecule has 9 heteroatoms. The number of hydrogen-bond donors (Lipinski definition) is 1. The number of rotatable bonds is 2. The van der Waals surface area contributed by atoms with E-state index in [4.69, 9.17) is 22.1 Å². The van der Waals surface area contributed by atoms with Crippen LogP contribution >= 0.6 is 11.6 Å². The van der Waals surface area contributed by atoms with Gasteiger partial charge in [-0.3, -0.25) is 0 Å². The van der Waals surface area contributed by atoms with E-state index in [0.717, 1.165) is 12.5 Å². The van der Waals surface area contributed by atoms with Crippen LogP contribution in [0.2, 0.25) is 5.02 Å². The van der Waals surface area contributed by atoms with E-state index in [2.05, 4.69) is 19.9 Å². The summed E-state index contributed by atoms with van der Waals surface area (Å²) in [4.78, 5) is 15.0. The van der Waals surface area contributed by atoms with Gasteiger partial charge in [0.15, 0.2) is 11.6 Å². The number of halogens is 3. The van der Waals surface area contributed by atoms with Crippen LogP contribution in [-0.2, 0) is 4.74 Å². The van der Waals surface area contributed by atoms with Gasteiger partial charge in [0.1, 0.15) is 34.0 Å². The minimum Gasteiger partial charge on any atom is -0.382 e. The molecule has 2 aliphatic heterocycles. The molecule has 0 spiro atoms. The molecule has 4 heterocycles. The topological polar surface area (TPSA) is 77.2 Å². The van der Waals surface area contributed by atoms with Gasteiger partial charge in [0.2, 0.25) is 0 Å². The molecule has 3 aromatic rings. The van der Waals surface area contributed by atoms with Crippen molar-refractivity contribution in [3.63, 3.8) is 0 Å².